The summed E-state index contributed by atoms with van der Waals surface area (Å²) < 4.78 is 30.8. The molecule has 166 valence electrons. The molecule has 0 saturated heterocycles. The van der Waals surface area contributed by atoms with Crippen molar-refractivity contribution in [3.8, 4) is 0 Å². The molecule has 8 nitrogen and oxygen atoms in total. The van der Waals surface area contributed by atoms with E-state index in [-0.39, 0.29) is 17.8 Å². The Hall–Kier alpha value is -3.33. The molecule has 0 spiro atoms. The van der Waals surface area contributed by atoms with E-state index in [9.17, 15) is 8.42 Å². The van der Waals surface area contributed by atoms with Crippen molar-refractivity contribution in [3.63, 3.8) is 0 Å². The number of rotatable bonds is 4. The van der Waals surface area contributed by atoms with Crippen LogP contribution in [0.5, 0.6) is 0 Å². The van der Waals surface area contributed by atoms with Crippen LogP contribution in [0.2, 0.25) is 0 Å². The lowest BCUT2D eigenvalue weighted by Crippen LogP contribution is -2.27. The van der Waals surface area contributed by atoms with Crippen LogP contribution in [0.4, 0.5) is 11.5 Å². The average molecular weight is 452 g/mol. The molecule has 0 fully saturated rings. The first kappa shape index (κ1) is 20.6. The Labute approximate surface area is 187 Å². The molecule has 2 aliphatic heterocycles. The summed E-state index contributed by atoms with van der Waals surface area (Å²) in [7, 11) is -3.33. The first-order chi connectivity index (χ1) is 15.4. The van der Waals surface area contributed by atoms with E-state index in [1.54, 1.807) is 12.1 Å². The van der Waals surface area contributed by atoms with Gasteiger partial charge in [-0.3, -0.25) is 0 Å². The maximum absolute atomic E-state index is 12.8. The number of anilines is 2. The van der Waals surface area contributed by atoms with Crippen molar-refractivity contribution in [2.45, 2.75) is 24.4 Å². The molecular weight excluding hydrogens is 426 g/mol. The molecule has 0 saturated carbocycles. The number of aryl methyl sites for hydroxylation is 1. The van der Waals surface area contributed by atoms with E-state index in [0.29, 0.717) is 31.1 Å². The molecule has 0 aliphatic carbocycles. The van der Waals surface area contributed by atoms with Gasteiger partial charge >= 0.3 is 0 Å². The highest BCUT2D eigenvalue weighted by Crippen LogP contribution is 2.31. The quantitative estimate of drug-likeness (QED) is 0.627. The van der Waals surface area contributed by atoms with Crippen molar-refractivity contribution in [2.24, 2.45) is 10.7 Å². The third-order valence-corrected chi connectivity index (χ3v) is 7.62. The van der Waals surface area contributed by atoms with Gasteiger partial charge in [0.2, 0.25) is 0 Å². The molecule has 3 heterocycles. The second kappa shape index (κ2) is 7.98. The maximum atomic E-state index is 12.8. The van der Waals surface area contributed by atoms with Crippen molar-refractivity contribution < 1.29 is 13.2 Å². The van der Waals surface area contributed by atoms with Crippen LogP contribution < -0.4 is 16.0 Å². The van der Waals surface area contributed by atoms with E-state index in [1.165, 1.54) is 0 Å². The maximum Gasteiger partial charge on any atom is 0.282 e. The minimum Gasteiger partial charge on any atom is -0.463 e. The summed E-state index contributed by atoms with van der Waals surface area (Å²) >= 11 is 0. The number of pyridine rings is 1. The van der Waals surface area contributed by atoms with E-state index in [0.717, 1.165) is 33.5 Å². The number of hydrogen-bond acceptors (Lipinski definition) is 8. The van der Waals surface area contributed by atoms with E-state index in [1.807, 2.05) is 42.2 Å². The Balaban J connectivity index is 1.52. The number of nitrogens with two attached hydrogens (primary N) is 1. The molecule has 2 aliphatic rings. The van der Waals surface area contributed by atoms with Crippen LogP contribution in [0, 0.1) is 6.92 Å². The predicted octanol–water partition coefficient (Wildman–Crippen LogP) is 2.46. The molecule has 2 aromatic carbocycles. The fourth-order valence-electron chi connectivity index (χ4n) is 4.16. The smallest absolute Gasteiger partial charge is 0.282 e. The van der Waals surface area contributed by atoms with Gasteiger partial charge in [-0.25, -0.2) is 18.4 Å². The molecule has 0 amide bonds. The van der Waals surface area contributed by atoms with Crippen molar-refractivity contribution in [2.75, 3.05) is 35.7 Å². The van der Waals surface area contributed by atoms with Crippen LogP contribution >= 0.6 is 0 Å². The molecule has 32 heavy (non-hydrogen) atoms. The highest BCUT2D eigenvalue weighted by atomic mass is 32.2. The normalized spacial score (nSPS) is 19.7. The van der Waals surface area contributed by atoms with Gasteiger partial charge in [-0.1, -0.05) is 29.8 Å². The zero-order valence-electron chi connectivity index (χ0n) is 17.8. The number of nitrogens with one attached hydrogen (secondary N) is 1. The van der Waals surface area contributed by atoms with Gasteiger partial charge in [0.05, 0.1) is 16.2 Å². The highest BCUT2D eigenvalue weighted by molar-refractivity contribution is 7.91. The predicted molar refractivity (Wildman–Crippen MR) is 126 cm³/mol. The fraction of sp³-hybridized carbons (Fsp3) is 0.304. The number of fused-ring (bicyclic) bond motifs is 2. The third kappa shape index (κ3) is 3.95. The Morgan fingerprint density at radius 3 is 2.88 bits per heavy atom. The zero-order valence-corrected chi connectivity index (χ0v) is 18.6. The van der Waals surface area contributed by atoms with E-state index >= 15 is 0 Å². The molecule has 1 aromatic heterocycles. The molecule has 1 atom stereocenters. The van der Waals surface area contributed by atoms with Crippen molar-refractivity contribution >= 4 is 38.3 Å². The average Bonchev–Trinajstić information content (AvgIpc) is 3.14. The lowest BCUT2D eigenvalue weighted by Gasteiger charge is -2.23. The number of aliphatic imine (C=N–C) groups is 1. The molecule has 3 N–H and O–H groups in total. The Kier molecular flexibility index (Phi) is 5.13. The standard InChI is InChI=1S/C23H25N5O3S/c1-15-6-7-19-18(10-15)20(25-12-17-14-31-23(24)26-17)11-22(27-19)28-8-9-32(29,30)21-5-3-2-4-16(21)13-28/h2-7,10-11,17H,8-9,12-14H2,1H3,(H2,24,26)(H,25,27)/t17-/m1/s1. The zero-order chi connectivity index (χ0) is 22.3. The summed E-state index contributed by atoms with van der Waals surface area (Å²) in [5.41, 5.74) is 9.34. The summed E-state index contributed by atoms with van der Waals surface area (Å²) in [5, 5.41) is 4.49. The molecule has 0 unspecified atom stereocenters. The molecular formula is C23H25N5O3S. The van der Waals surface area contributed by atoms with Gasteiger partial charge in [0.15, 0.2) is 9.84 Å². The van der Waals surface area contributed by atoms with Gasteiger partial charge in [0.25, 0.3) is 6.02 Å². The Bertz CT molecular complexity index is 1320. The molecule has 9 heteroatoms. The fourth-order valence-corrected chi connectivity index (χ4v) is 5.66. The highest BCUT2D eigenvalue weighted by Gasteiger charge is 2.26. The SMILES string of the molecule is Cc1ccc2nc(N3CCS(=O)(=O)c4ccccc4C3)cc(NC[C@@H]3COC(N)=N3)c2c1. The van der Waals surface area contributed by atoms with Crippen molar-refractivity contribution in [1.82, 2.24) is 4.98 Å². The van der Waals surface area contributed by atoms with Gasteiger partial charge in [0.1, 0.15) is 18.5 Å². The lowest BCUT2D eigenvalue weighted by molar-refractivity contribution is 0.316. The number of hydrogen-bond donors (Lipinski definition) is 2. The monoisotopic (exact) mass is 451 g/mol. The van der Waals surface area contributed by atoms with E-state index in [4.69, 9.17) is 15.5 Å². The number of ether oxygens (including phenoxy) is 1. The summed E-state index contributed by atoms with van der Waals surface area (Å²) in [6, 6.07) is 15.5. The Morgan fingerprint density at radius 1 is 1.22 bits per heavy atom. The molecule has 3 aromatic rings. The van der Waals surface area contributed by atoms with Gasteiger partial charge in [-0.05, 0) is 30.7 Å². The van der Waals surface area contributed by atoms with Gasteiger partial charge in [-0.2, -0.15) is 0 Å². The number of amidine groups is 1. The van der Waals surface area contributed by atoms with Crippen LogP contribution in [-0.2, 0) is 21.1 Å². The van der Waals surface area contributed by atoms with Gasteiger partial charge < -0.3 is 20.7 Å². The van der Waals surface area contributed by atoms with Crippen LogP contribution in [0.15, 0.2) is 58.4 Å². The van der Waals surface area contributed by atoms with E-state index < -0.39 is 9.84 Å². The van der Waals surface area contributed by atoms with Crippen LogP contribution in [0.3, 0.4) is 0 Å². The summed E-state index contributed by atoms with van der Waals surface area (Å²) in [5.74, 6) is 0.787. The third-order valence-electron chi connectivity index (χ3n) is 5.84. The number of nitrogens with zero attached hydrogens (tertiary/aromatic N) is 3. The first-order valence-electron chi connectivity index (χ1n) is 10.6. The van der Waals surface area contributed by atoms with Crippen LogP contribution in [0.25, 0.3) is 10.9 Å². The van der Waals surface area contributed by atoms with Crippen LogP contribution in [0.1, 0.15) is 11.1 Å². The van der Waals surface area contributed by atoms with Crippen molar-refractivity contribution in [1.29, 1.82) is 0 Å². The summed E-state index contributed by atoms with van der Waals surface area (Å²) in [6.07, 6.45) is 0. The van der Waals surface area contributed by atoms with Gasteiger partial charge in [0, 0.05) is 36.8 Å². The second-order valence-corrected chi connectivity index (χ2v) is 10.3. The topological polar surface area (TPSA) is 110 Å². The van der Waals surface area contributed by atoms with E-state index in [2.05, 4.69) is 16.4 Å². The summed E-state index contributed by atoms with van der Waals surface area (Å²) in [6.45, 7) is 3.93. The number of benzene rings is 2. The van der Waals surface area contributed by atoms with Crippen molar-refractivity contribution in [3.05, 3.63) is 59.7 Å². The Morgan fingerprint density at radius 2 is 2.06 bits per heavy atom. The largest absolute Gasteiger partial charge is 0.463 e. The number of aromatic nitrogens is 1. The van der Waals surface area contributed by atoms with Gasteiger partial charge in [-0.15, -0.1) is 0 Å². The molecule has 5 rings (SSSR count). The summed E-state index contributed by atoms with van der Waals surface area (Å²) in [4.78, 5) is 11.6. The molecule has 0 bridgehead atoms. The minimum atomic E-state index is -3.33. The number of sulfone groups is 1. The van der Waals surface area contributed by atoms with Crippen LogP contribution in [-0.4, -0.2) is 50.9 Å². The first-order valence-corrected chi connectivity index (χ1v) is 12.2. The molecule has 0 radical (unpaired) electrons. The second-order valence-electron chi connectivity index (χ2n) is 8.21. The lowest BCUT2D eigenvalue weighted by atomic mass is 10.1. The minimum absolute atomic E-state index is 0.0494.